The van der Waals surface area contributed by atoms with E-state index >= 15 is 0 Å². The minimum atomic E-state index is -3.51. The van der Waals surface area contributed by atoms with Gasteiger partial charge >= 0.3 is 0 Å². The number of rotatable bonds is 4. The molecule has 3 nitrogen and oxygen atoms in total. The zero-order valence-corrected chi connectivity index (χ0v) is 8.55. The van der Waals surface area contributed by atoms with Crippen LogP contribution in [0.2, 0.25) is 0 Å². The molecule has 5 heteroatoms. The second-order valence-corrected chi connectivity index (χ2v) is 4.62. The van der Waals surface area contributed by atoms with Crippen LogP contribution in [0.1, 0.15) is 6.92 Å². The molecule has 0 radical (unpaired) electrons. The smallest absolute Gasteiger partial charge is 0.202 e. The van der Waals surface area contributed by atoms with Gasteiger partial charge in [0.1, 0.15) is 5.82 Å². The molecule has 0 heterocycles. The van der Waals surface area contributed by atoms with Gasteiger partial charge in [-0.1, -0.05) is 6.07 Å². The number of sulfone groups is 1. The molecule has 0 atom stereocenters. The van der Waals surface area contributed by atoms with Gasteiger partial charge in [-0.15, -0.1) is 0 Å². The van der Waals surface area contributed by atoms with E-state index in [2.05, 4.69) is 0 Å². The summed E-state index contributed by atoms with van der Waals surface area (Å²) in [7, 11) is -3.51. The van der Waals surface area contributed by atoms with E-state index in [1.54, 1.807) is 6.92 Å². The fourth-order valence-electron chi connectivity index (χ4n) is 0.922. The molecular formula is C9H11FO3S. The van der Waals surface area contributed by atoms with Crippen molar-refractivity contribution in [3.8, 4) is 0 Å². The van der Waals surface area contributed by atoms with Gasteiger partial charge in [-0.05, 0) is 25.1 Å². The maximum Gasteiger partial charge on any atom is 0.202 e. The van der Waals surface area contributed by atoms with E-state index in [4.69, 9.17) is 4.74 Å². The van der Waals surface area contributed by atoms with E-state index in [9.17, 15) is 12.8 Å². The summed E-state index contributed by atoms with van der Waals surface area (Å²) in [6, 6.07) is 4.87. The average molecular weight is 218 g/mol. The van der Waals surface area contributed by atoms with Crippen molar-refractivity contribution in [2.75, 3.05) is 12.5 Å². The molecule has 0 saturated heterocycles. The Hall–Kier alpha value is -0.940. The Morgan fingerprint density at radius 3 is 2.71 bits per heavy atom. The van der Waals surface area contributed by atoms with Gasteiger partial charge in [0.15, 0.2) is 5.94 Å². The van der Waals surface area contributed by atoms with Crippen molar-refractivity contribution in [1.82, 2.24) is 0 Å². The standard InChI is InChI=1S/C9H11FO3S/c1-2-13-7-14(11,12)9-5-3-4-8(10)6-9/h3-6H,2,7H2,1H3. The normalized spacial score (nSPS) is 11.6. The monoisotopic (exact) mass is 218 g/mol. The van der Waals surface area contributed by atoms with Crippen molar-refractivity contribution in [2.24, 2.45) is 0 Å². The van der Waals surface area contributed by atoms with Gasteiger partial charge in [0, 0.05) is 6.61 Å². The summed E-state index contributed by atoms with van der Waals surface area (Å²) in [5, 5.41) is 0. The summed E-state index contributed by atoms with van der Waals surface area (Å²) >= 11 is 0. The van der Waals surface area contributed by atoms with Crippen LogP contribution in [0.3, 0.4) is 0 Å². The summed E-state index contributed by atoms with van der Waals surface area (Å²) in [5.41, 5.74) is 0. The number of halogens is 1. The third-order valence-electron chi connectivity index (χ3n) is 1.60. The fourth-order valence-corrected chi connectivity index (χ4v) is 2.02. The lowest BCUT2D eigenvalue weighted by molar-refractivity contribution is 0.192. The Morgan fingerprint density at radius 1 is 1.43 bits per heavy atom. The van der Waals surface area contributed by atoms with Gasteiger partial charge in [0.2, 0.25) is 9.84 Å². The van der Waals surface area contributed by atoms with Crippen molar-refractivity contribution >= 4 is 9.84 Å². The van der Waals surface area contributed by atoms with Crippen LogP contribution < -0.4 is 0 Å². The van der Waals surface area contributed by atoms with E-state index in [-0.39, 0.29) is 4.90 Å². The molecular weight excluding hydrogens is 207 g/mol. The molecule has 0 aliphatic heterocycles. The van der Waals surface area contributed by atoms with Crippen LogP contribution in [0, 0.1) is 5.82 Å². The number of ether oxygens (including phenoxy) is 1. The SMILES string of the molecule is CCOCS(=O)(=O)c1cccc(F)c1. The molecule has 0 bridgehead atoms. The molecule has 0 fully saturated rings. The first-order valence-corrected chi connectivity index (χ1v) is 5.77. The molecule has 0 aromatic heterocycles. The van der Waals surface area contributed by atoms with Crippen LogP contribution in [0.25, 0.3) is 0 Å². The molecule has 0 spiro atoms. The second kappa shape index (κ2) is 4.52. The highest BCUT2D eigenvalue weighted by molar-refractivity contribution is 7.91. The number of benzene rings is 1. The molecule has 0 amide bonds. The first kappa shape index (κ1) is 11.1. The van der Waals surface area contributed by atoms with Crippen LogP contribution in [-0.2, 0) is 14.6 Å². The maximum atomic E-state index is 12.7. The Bertz CT molecular complexity index is 400. The van der Waals surface area contributed by atoms with E-state index in [0.29, 0.717) is 6.61 Å². The summed E-state index contributed by atoms with van der Waals surface area (Å²) < 4.78 is 40.4. The van der Waals surface area contributed by atoms with Crippen molar-refractivity contribution in [3.63, 3.8) is 0 Å². The largest absolute Gasteiger partial charge is 0.365 e. The van der Waals surface area contributed by atoms with E-state index in [1.165, 1.54) is 18.2 Å². The predicted octanol–water partition coefficient (Wildman–Crippen LogP) is 1.59. The van der Waals surface area contributed by atoms with Crippen LogP contribution in [0.15, 0.2) is 29.2 Å². The average Bonchev–Trinajstić information content (AvgIpc) is 2.15. The third-order valence-corrected chi connectivity index (χ3v) is 3.05. The van der Waals surface area contributed by atoms with Crippen LogP contribution in [0.5, 0.6) is 0 Å². The van der Waals surface area contributed by atoms with Gasteiger partial charge in [-0.25, -0.2) is 12.8 Å². The molecule has 0 aliphatic rings. The lowest BCUT2D eigenvalue weighted by Crippen LogP contribution is -2.10. The zero-order chi connectivity index (χ0) is 10.6. The Morgan fingerprint density at radius 2 is 2.14 bits per heavy atom. The lowest BCUT2D eigenvalue weighted by atomic mass is 10.4. The van der Waals surface area contributed by atoms with Crippen molar-refractivity contribution in [1.29, 1.82) is 0 Å². The lowest BCUT2D eigenvalue weighted by Gasteiger charge is -2.03. The van der Waals surface area contributed by atoms with E-state index in [0.717, 1.165) is 6.07 Å². The zero-order valence-electron chi connectivity index (χ0n) is 7.73. The van der Waals surface area contributed by atoms with Crippen LogP contribution in [-0.4, -0.2) is 21.0 Å². The van der Waals surface area contributed by atoms with Crippen molar-refractivity contribution in [2.45, 2.75) is 11.8 Å². The Kier molecular flexibility index (Phi) is 3.60. The van der Waals surface area contributed by atoms with Crippen molar-refractivity contribution < 1.29 is 17.5 Å². The molecule has 0 aliphatic carbocycles. The topological polar surface area (TPSA) is 43.4 Å². The summed E-state index contributed by atoms with van der Waals surface area (Å²) in [5.74, 6) is -0.977. The molecule has 0 unspecified atom stereocenters. The molecule has 14 heavy (non-hydrogen) atoms. The van der Waals surface area contributed by atoms with Gasteiger partial charge in [0.25, 0.3) is 0 Å². The highest BCUT2D eigenvalue weighted by Gasteiger charge is 2.14. The Balaban J connectivity index is 2.93. The molecule has 1 rings (SSSR count). The molecule has 0 saturated carbocycles. The quantitative estimate of drug-likeness (QED) is 0.770. The predicted molar refractivity (Wildman–Crippen MR) is 50.1 cm³/mol. The van der Waals surface area contributed by atoms with Gasteiger partial charge in [0.05, 0.1) is 4.90 Å². The molecule has 1 aromatic rings. The van der Waals surface area contributed by atoms with Gasteiger partial charge in [-0.3, -0.25) is 0 Å². The Labute approximate surface area is 82.4 Å². The van der Waals surface area contributed by atoms with Gasteiger partial charge < -0.3 is 4.74 Å². The minimum absolute atomic E-state index is 0.0500. The van der Waals surface area contributed by atoms with E-state index < -0.39 is 21.6 Å². The van der Waals surface area contributed by atoms with Crippen LogP contribution in [0.4, 0.5) is 4.39 Å². The van der Waals surface area contributed by atoms with E-state index in [1.807, 2.05) is 0 Å². The number of hydrogen-bond donors (Lipinski definition) is 0. The highest BCUT2D eigenvalue weighted by atomic mass is 32.2. The summed E-state index contributed by atoms with van der Waals surface area (Å²) in [6.45, 7) is 2.01. The van der Waals surface area contributed by atoms with Gasteiger partial charge in [-0.2, -0.15) is 0 Å². The summed E-state index contributed by atoms with van der Waals surface area (Å²) in [4.78, 5) is -0.0500. The maximum absolute atomic E-state index is 12.7. The third kappa shape index (κ3) is 2.78. The molecule has 0 N–H and O–H groups in total. The fraction of sp³-hybridized carbons (Fsp3) is 0.333. The van der Waals surface area contributed by atoms with Crippen LogP contribution >= 0.6 is 0 Å². The highest BCUT2D eigenvalue weighted by Crippen LogP contribution is 2.12. The number of hydrogen-bond acceptors (Lipinski definition) is 3. The second-order valence-electron chi connectivity index (χ2n) is 2.68. The summed E-state index contributed by atoms with van der Waals surface area (Å²) in [6.07, 6.45) is 0. The molecule has 78 valence electrons. The van der Waals surface area contributed by atoms with Crippen molar-refractivity contribution in [3.05, 3.63) is 30.1 Å². The first-order chi connectivity index (χ1) is 6.56. The first-order valence-electron chi connectivity index (χ1n) is 4.12. The minimum Gasteiger partial charge on any atom is -0.365 e. The molecule has 1 aromatic carbocycles.